The summed E-state index contributed by atoms with van der Waals surface area (Å²) in [4.78, 5) is 12.8. The molecular formula is C15H19NO3. The van der Waals surface area contributed by atoms with Crippen molar-refractivity contribution in [2.75, 3.05) is 20.2 Å². The second-order valence-corrected chi connectivity index (χ2v) is 4.80. The summed E-state index contributed by atoms with van der Waals surface area (Å²) < 4.78 is 5.68. The Balaban J connectivity index is 1.82. The molecule has 102 valence electrons. The van der Waals surface area contributed by atoms with Crippen LogP contribution in [0.5, 0.6) is 5.75 Å². The predicted molar refractivity (Wildman–Crippen MR) is 74.3 cm³/mol. The molecule has 1 fully saturated rings. The summed E-state index contributed by atoms with van der Waals surface area (Å²) >= 11 is 0. The number of benzene rings is 1. The third-order valence-electron chi connectivity index (χ3n) is 3.16. The third kappa shape index (κ3) is 4.75. The number of carboxylic acid groups (broad SMARTS) is 1. The molecule has 0 unspecified atom stereocenters. The molecule has 0 aliphatic heterocycles. The summed E-state index contributed by atoms with van der Waals surface area (Å²) in [7, 11) is 2.12. The van der Waals surface area contributed by atoms with Crippen LogP contribution in [0.2, 0.25) is 0 Å². The highest BCUT2D eigenvalue weighted by Crippen LogP contribution is 2.24. The van der Waals surface area contributed by atoms with Crippen molar-refractivity contribution >= 4 is 12.0 Å². The van der Waals surface area contributed by atoms with E-state index in [2.05, 4.69) is 11.9 Å². The number of rotatable bonds is 7. The predicted octanol–water partition coefficient (Wildman–Crippen LogP) is 2.26. The fraction of sp³-hybridized carbons (Fsp3) is 0.400. The Hall–Kier alpha value is -1.81. The number of hydrogen-bond donors (Lipinski definition) is 1. The Kier molecular flexibility index (Phi) is 4.58. The molecule has 0 aromatic heterocycles. The highest BCUT2D eigenvalue weighted by atomic mass is 16.5. The van der Waals surface area contributed by atoms with Gasteiger partial charge in [0, 0.05) is 18.7 Å². The van der Waals surface area contributed by atoms with Gasteiger partial charge in [0.1, 0.15) is 12.4 Å². The standard InChI is InChI=1S/C15H19NO3/c1-16(13-6-7-13)9-10-19-14-4-2-3-12(11-14)5-8-15(17)18/h2-5,8,11,13H,6-7,9-10H2,1H3,(H,17,18)/b8-5+. The minimum atomic E-state index is -0.947. The van der Waals surface area contributed by atoms with E-state index in [1.54, 1.807) is 6.08 Å². The largest absolute Gasteiger partial charge is 0.492 e. The van der Waals surface area contributed by atoms with Gasteiger partial charge in [-0.15, -0.1) is 0 Å². The van der Waals surface area contributed by atoms with Crippen molar-refractivity contribution in [1.29, 1.82) is 0 Å². The Morgan fingerprint density at radius 1 is 1.53 bits per heavy atom. The van der Waals surface area contributed by atoms with Crippen molar-refractivity contribution in [2.24, 2.45) is 0 Å². The van der Waals surface area contributed by atoms with Crippen LogP contribution in [0.3, 0.4) is 0 Å². The topological polar surface area (TPSA) is 49.8 Å². The second-order valence-electron chi connectivity index (χ2n) is 4.80. The summed E-state index contributed by atoms with van der Waals surface area (Å²) in [5.74, 6) is -0.172. The molecule has 4 heteroatoms. The van der Waals surface area contributed by atoms with Gasteiger partial charge in [-0.2, -0.15) is 0 Å². The fourth-order valence-corrected chi connectivity index (χ4v) is 1.88. The quantitative estimate of drug-likeness (QED) is 0.765. The van der Waals surface area contributed by atoms with Crippen LogP contribution in [-0.4, -0.2) is 42.2 Å². The van der Waals surface area contributed by atoms with Crippen molar-refractivity contribution < 1.29 is 14.6 Å². The monoisotopic (exact) mass is 261 g/mol. The third-order valence-corrected chi connectivity index (χ3v) is 3.16. The molecule has 0 bridgehead atoms. The molecule has 1 saturated carbocycles. The van der Waals surface area contributed by atoms with Gasteiger partial charge in [0.15, 0.2) is 0 Å². The average molecular weight is 261 g/mol. The van der Waals surface area contributed by atoms with Crippen LogP contribution < -0.4 is 4.74 Å². The van der Waals surface area contributed by atoms with Crippen molar-refractivity contribution in [2.45, 2.75) is 18.9 Å². The van der Waals surface area contributed by atoms with E-state index in [0.29, 0.717) is 6.61 Å². The van der Waals surface area contributed by atoms with Crippen molar-refractivity contribution in [3.05, 3.63) is 35.9 Å². The van der Waals surface area contributed by atoms with Crippen molar-refractivity contribution in [3.8, 4) is 5.75 Å². The first-order chi connectivity index (χ1) is 9.15. The molecule has 0 radical (unpaired) electrons. The SMILES string of the molecule is CN(CCOc1cccc(/C=C/C(=O)O)c1)C1CC1. The summed E-state index contributed by atoms with van der Waals surface area (Å²) in [6, 6.07) is 8.18. The lowest BCUT2D eigenvalue weighted by atomic mass is 10.2. The molecule has 0 heterocycles. The Morgan fingerprint density at radius 2 is 2.32 bits per heavy atom. The summed E-state index contributed by atoms with van der Waals surface area (Å²) in [5, 5.41) is 8.58. The first-order valence-electron chi connectivity index (χ1n) is 6.49. The van der Waals surface area contributed by atoms with E-state index >= 15 is 0 Å². The number of carboxylic acids is 1. The van der Waals surface area contributed by atoms with E-state index in [9.17, 15) is 4.79 Å². The van der Waals surface area contributed by atoms with Crippen molar-refractivity contribution in [1.82, 2.24) is 4.90 Å². The number of aliphatic carboxylic acids is 1. The van der Waals surface area contributed by atoms with Gasteiger partial charge in [0.05, 0.1) is 0 Å². The van der Waals surface area contributed by atoms with E-state index < -0.39 is 5.97 Å². The average Bonchev–Trinajstić information content (AvgIpc) is 3.21. The molecule has 1 N–H and O–H groups in total. The van der Waals surface area contributed by atoms with Crippen molar-refractivity contribution in [3.63, 3.8) is 0 Å². The van der Waals surface area contributed by atoms with Crippen LogP contribution in [0.1, 0.15) is 18.4 Å². The van der Waals surface area contributed by atoms with E-state index in [1.807, 2.05) is 24.3 Å². The maximum absolute atomic E-state index is 10.5. The molecule has 1 aliphatic carbocycles. The molecule has 1 aromatic carbocycles. The summed E-state index contributed by atoms with van der Waals surface area (Å²) in [6.07, 6.45) is 5.28. The lowest BCUT2D eigenvalue weighted by molar-refractivity contribution is -0.131. The Labute approximate surface area is 113 Å². The second kappa shape index (κ2) is 6.38. The molecule has 0 atom stereocenters. The van der Waals surface area contributed by atoms with E-state index in [1.165, 1.54) is 12.8 Å². The maximum Gasteiger partial charge on any atom is 0.328 e. The number of hydrogen-bond acceptors (Lipinski definition) is 3. The lowest BCUT2D eigenvalue weighted by Gasteiger charge is -2.15. The molecule has 4 nitrogen and oxygen atoms in total. The van der Waals surface area contributed by atoms with Crippen LogP contribution >= 0.6 is 0 Å². The van der Waals surface area contributed by atoms with Gasteiger partial charge in [-0.1, -0.05) is 12.1 Å². The van der Waals surface area contributed by atoms with Gasteiger partial charge in [-0.25, -0.2) is 4.79 Å². The molecule has 2 rings (SSSR count). The molecule has 1 aromatic rings. The minimum Gasteiger partial charge on any atom is -0.492 e. The van der Waals surface area contributed by atoms with E-state index in [0.717, 1.165) is 30.0 Å². The lowest BCUT2D eigenvalue weighted by Crippen LogP contribution is -2.26. The van der Waals surface area contributed by atoms with Crippen LogP contribution in [0.15, 0.2) is 30.3 Å². The zero-order valence-electron chi connectivity index (χ0n) is 11.1. The molecule has 1 aliphatic rings. The first kappa shape index (κ1) is 13.6. The van der Waals surface area contributed by atoms with Gasteiger partial charge >= 0.3 is 5.97 Å². The van der Waals surface area contributed by atoms with Gasteiger partial charge < -0.3 is 14.7 Å². The maximum atomic E-state index is 10.5. The molecular weight excluding hydrogens is 242 g/mol. The first-order valence-corrected chi connectivity index (χ1v) is 6.49. The summed E-state index contributed by atoms with van der Waals surface area (Å²) in [6.45, 7) is 1.57. The molecule has 0 amide bonds. The van der Waals surface area contributed by atoms with Gasteiger partial charge in [-0.05, 0) is 43.7 Å². The van der Waals surface area contributed by atoms with Crippen LogP contribution in [-0.2, 0) is 4.79 Å². The Morgan fingerprint density at radius 3 is 3.00 bits per heavy atom. The van der Waals surface area contributed by atoms with Crippen LogP contribution in [0.4, 0.5) is 0 Å². The number of ether oxygens (including phenoxy) is 1. The fourth-order valence-electron chi connectivity index (χ4n) is 1.88. The van der Waals surface area contributed by atoms with Gasteiger partial charge in [-0.3, -0.25) is 0 Å². The highest BCUT2D eigenvalue weighted by Gasteiger charge is 2.25. The summed E-state index contributed by atoms with van der Waals surface area (Å²) in [5.41, 5.74) is 0.829. The zero-order chi connectivity index (χ0) is 13.7. The molecule has 0 saturated heterocycles. The van der Waals surface area contributed by atoms with Crippen LogP contribution in [0.25, 0.3) is 6.08 Å². The minimum absolute atomic E-state index is 0.652. The normalized spacial score (nSPS) is 15.1. The van der Waals surface area contributed by atoms with Crippen LogP contribution in [0, 0.1) is 0 Å². The zero-order valence-corrected chi connectivity index (χ0v) is 11.1. The number of nitrogens with zero attached hydrogens (tertiary/aromatic N) is 1. The number of likely N-dealkylation sites (N-methyl/N-ethyl adjacent to an activating group) is 1. The Bertz CT molecular complexity index is 466. The smallest absolute Gasteiger partial charge is 0.328 e. The molecule has 19 heavy (non-hydrogen) atoms. The van der Waals surface area contributed by atoms with Gasteiger partial charge in [0.2, 0.25) is 0 Å². The van der Waals surface area contributed by atoms with E-state index in [-0.39, 0.29) is 0 Å². The van der Waals surface area contributed by atoms with Gasteiger partial charge in [0.25, 0.3) is 0 Å². The highest BCUT2D eigenvalue weighted by molar-refractivity contribution is 5.85. The number of carbonyl (C=O) groups is 1. The molecule has 0 spiro atoms. The van der Waals surface area contributed by atoms with E-state index in [4.69, 9.17) is 9.84 Å².